The lowest BCUT2D eigenvalue weighted by Crippen LogP contribution is -2.44. The molecular formula is C14H27NO2. The molecular weight excluding hydrogens is 214 g/mol. The topological polar surface area (TPSA) is 41.5 Å². The van der Waals surface area contributed by atoms with Crippen LogP contribution in [0.3, 0.4) is 0 Å². The minimum Gasteiger partial charge on any atom is -0.390 e. The van der Waals surface area contributed by atoms with Gasteiger partial charge >= 0.3 is 0 Å². The first kappa shape index (κ1) is 13.3. The average molecular weight is 241 g/mol. The molecule has 3 atom stereocenters. The first-order chi connectivity index (χ1) is 8.18. The Hall–Kier alpha value is -0.120. The van der Waals surface area contributed by atoms with Gasteiger partial charge in [0.05, 0.1) is 11.7 Å². The largest absolute Gasteiger partial charge is 0.390 e. The van der Waals surface area contributed by atoms with Gasteiger partial charge in [-0.1, -0.05) is 0 Å². The van der Waals surface area contributed by atoms with Crippen LogP contribution in [0.5, 0.6) is 0 Å². The number of hydrogen-bond donors (Lipinski definition) is 2. The van der Waals surface area contributed by atoms with Gasteiger partial charge in [-0.2, -0.15) is 0 Å². The second-order valence-electron chi connectivity index (χ2n) is 5.93. The van der Waals surface area contributed by atoms with E-state index in [9.17, 15) is 5.11 Å². The molecule has 0 bridgehead atoms. The fourth-order valence-corrected chi connectivity index (χ4v) is 3.15. The van der Waals surface area contributed by atoms with Crippen molar-refractivity contribution >= 4 is 0 Å². The van der Waals surface area contributed by atoms with Crippen molar-refractivity contribution in [2.45, 2.75) is 63.6 Å². The molecule has 0 aromatic carbocycles. The Morgan fingerprint density at radius 3 is 2.88 bits per heavy atom. The maximum Gasteiger partial charge on any atom is 0.0659 e. The number of piperidine rings is 1. The quantitative estimate of drug-likeness (QED) is 0.774. The molecule has 2 N–H and O–H groups in total. The Balaban J connectivity index is 1.68. The van der Waals surface area contributed by atoms with Crippen molar-refractivity contribution in [3.05, 3.63) is 0 Å². The Labute approximate surface area is 105 Å². The summed E-state index contributed by atoms with van der Waals surface area (Å²) in [6.45, 7) is 5.04. The molecule has 2 heterocycles. The maximum absolute atomic E-state index is 10.5. The van der Waals surface area contributed by atoms with E-state index in [2.05, 4.69) is 5.32 Å². The van der Waals surface area contributed by atoms with E-state index in [1.165, 1.54) is 25.7 Å². The summed E-state index contributed by atoms with van der Waals surface area (Å²) >= 11 is 0. The standard InChI is InChI=1S/C14H27NO2/c1-14(16,12-5-3-9-15-11-12)8-2-6-13-7-4-10-17-13/h12-13,15-16H,2-11H2,1H3. The third kappa shape index (κ3) is 3.94. The summed E-state index contributed by atoms with van der Waals surface area (Å²) in [4.78, 5) is 0. The molecule has 0 aromatic heterocycles. The first-order valence-corrected chi connectivity index (χ1v) is 7.23. The van der Waals surface area contributed by atoms with Crippen molar-refractivity contribution in [2.75, 3.05) is 19.7 Å². The Morgan fingerprint density at radius 2 is 2.24 bits per heavy atom. The van der Waals surface area contributed by atoms with Crippen molar-refractivity contribution in [3.8, 4) is 0 Å². The van der Waals surface area contributed by atoms with Gasteiger partial charge in [-0.25, -0.2) is 0 Å². The van der Waals surface area contributed by atoms with Crippen LogP contribution in [0.1, 0.15) is 51.9 Å². The van der Waals surface area contributed by atoms with Crippen LogP contribution in [0.25, 0.3) is 0 Å². The molecule has 0 saturated carbocycles. The van der Waals surface area contributed by atoms with Crippen LogP contribution in [-0.4, -0.2) is 36.5 Å². The van der Waals surface area contributed by atoms with Gasteiger partial charge in [-0.15, -0.1) is 0 Å². The van der Waals surface area contributed by atoms with Crippen molar-refractivity contribution in [3.63, 3.8) is 0 Å². The number of ether oxygens (including phenoxy) is 1. The van der Waals surface area contributed by atoms with Gasteiger partial charge in [0.25, 0.3) is 0 Å². The van der Waals surface area contributed by atoms with E-state index in [4.69, 9.17) is 4.74 Å². The molecule has 2 rings (SSSR count). The highest BCUT2D eigenvalue weighted by Gasteiger charge is 2.32. The Kier molecular flexibility index (Phi) is 4.83. The fourth-order valence-electron chi connectivity index (χ4n) is 3.15. The molecule has 0 aromatic rings. The summed E-state index contributed by atoms with van der Waals surface area (Å²) in [5.74, 6) is 0.431. The molecule has 3 nitrogen and oxygen atoms in total. The number of nitrogens with one attached hydrogen (secondary N) is 1. The van der Waals surface area contributed by atoms with E-state index in [1.807, 2.05) is 6.92 Å². The fraction of sp³-hybridized carbons (Fsp3) is 1.00. The van der Waals surface area contributed by atoms with Gasteiger partial charge in [0.2, 0.25) is 0 Å². The highest BCUT2D eigenvalue weighted by atomic mass is 16.5. The second-order valence-corrected chi connectivity index (χ2v) is 5.93. The Bertz CT molecular complexity index is 218. The maximum atomic E-state index is 10.5. The summed E-state index contributed by atoms with van der Waals surface area (Å²) in [7, 11) is 0. The molecule has 2 aliphatic heterocycles. The van der Waals surface area contributed by atoms with Crippen molar-refractivity contribution < 1.29 is 9.84 Å². The lowest BCUT2D eigenvalue weighted by Gasteiger charge is -2.36. The minimum atomic E-state index is -0.494. The zero-order chi connectivity index (χ0) is 12.1. The third-order valence-electron chi connectivity index (χ3n) is 4.41. The summed E-state index contributed by atoms with van der Waals surface area (Å²) < 4.78 is 5.62. The zero-order valence-electron chi connectivity index (χ0n) is 11.1. The van der Waals surface area contributed by atoms with Crippen LogP contribution in [0.15, 0.2) is 0 Å². The van der Waals surface area contributed by atoms with Gasteiger partial charge in [0.15, 0.2) is 0 Å². The predicted molar refractivity (Wildman–Crippen MR) is 69.0 cm³/mol. The number of rotatable bonds is 5. The molecule has 17 heavy (non-hydrogen) atoms. The molecule has 0 amide bonds. The molecule has 0 radical (unpaired) electrons. The molecule has 2 saturated heterocycles. The van der Waals surface area contributed by atoms with E-state index in [-0.39, 0.29) is 0 Å². The summed E-state index contributed by atoms with van der Waals surface area (Å²) in [5.41, 5.74) is -0.494. The molecule has 0 aliphatic carbocycles. The lowest BCUT2D eigenvalue weighted by atomic mass is 9.80. The smallest absolute Gasteiger partial charge is 0.0659 e. The van der Waals surface area contributed by atoms with Crippen molar-refractivity contribution in [1.29, 1.82) is 0 Å². The van der Waals surface area contributed by atoms with E-state index in [0.717, 1.165) is 39.0 Å². The average Bonchev–Trinajstić information content (AvgIpc) is 2.83. The van der Waals surface area contributed by atoms with Crippen LogP contribution in [0, 0.1) is 5.92 Å². The third-order valence-corrected chi connectivity index (χ3v) is 4.41. The molecule has 100 valence electrons. The van der Waals surface area contributed by atoms with Gasteiger partial charge in [-0.3, -0.25) is 0 Å². The Morgan fingerprint density at radius 1 is 1.35 bits per heavy atom. The normalized spacial score (nSPS) is 33.5. The van der Waals surface area contributed by atoms with E-state index >= 15 is 0 Å². The van der Waals surface area contributed by atoms with E-state index in [0.29, 0.717) is 12.0 Å². The first-order valence-electron chi connectivity index (χ1n) is 7.23. The molecule has 3 unspecified atom stereocenters. The van der Waals surface area contributed by atoms with Crippen LogP contribution in [-0.2, 0) is 4.74 Å². The summed E-state index contributed by atoms with van der Waals surface area (Å²) in [5, 5.41) is 13.9. The van der Waals surface area contributed by atoms with Gasteiger partial charge in [0.1, 0.15) is 0 Å². The molecule has 2 fully saturated rings. The van der Waals surface area contributed by atoms with Crippen LogP contribution < -0.4 is 5.32 Å². The summed E-state index contributed by atoms with van der Waals surface area (Å²) in [6, 6.07) is 0. The van der Waals surface area contributed by atoms with Crippen molar-refractivity contribution in [2.24, 2.45) is 5.92 Å². The van der Waals surface area contributed by atoms with Gasteiger partial charge in [-0.05, 0) is 64.3 Å². The number of aliphatic hydroxyl groups is 1. The van der Waals surface area contributed by atoms with E-state index < -0.39 is 5.60 Å². The predicted octanol–water partition coefficient (Wildman–Crippen LogP) is 2.09. The van der Waals surface area contributed by atoms with Crippen LogP contribution in [0.4, 0.5) is 0 Å². The monoisotopic (exact) mass is 241 g/mol. The van der Waals surface area contributed by atoms with Crippen LogP contribution >= 0.6 is 0 Å². The lowest BCUT2D eigenvalue weighted by molar-refractivity contribution is -0.0225. The molecule has 0 spiro atoms. The van der Waals surface area contributed by atoms with Crippen LogP contribution in [0.2, 0.25) is 0 Å². The zero-order valence-corrected chi connectivity index (χ0v) is 11.1. The highest BCUT2D eigenvalue weighted by molar-refractivity contribution is 4.86. The number of hydrogen-bond acceptors (Lipinski definition) is 3. The van der Waals surface area contributed by atoms with Crippen molar-refractivity contribution in [1.82, 2.24) is 5.32 Å². The van der Waals surface area contributed by atoms with E-state index in [1.54, 1.807) is 0 Å². The summed E-state index contributed by atoms with van der Waals surface area (Å²) in [6.07, 6.45) is 8.40. The molecule has 2 aliphatic rings. The van der Waals surface area contributed by atoms with Gasteiger partial charge < -0.3 is 15.2 Å². The molecule has 3 heteroatoms. The highest BCUT2D eigenvalue weighted by Crippen LogP contribution is 2.29. The van der Waals surface area contributed by atoms with Gasteiger partial charge in [0, 0.05) is 13.2 Å². The SMILES string of the molecule is CC(O)(CCCC1CCCO1)C1CCCNC1. The second kappa shape index (κ2) is 6.17. The minimum absolute atomic E-state index is 0.431.